The molecule has 2 aromatic carbocycles. The highest BCUT2D eigenvalue weighted by atomic mass is 32.2. The van der Waals surface area contributed by atoms with Crippen molar-refractivity contribution in [3.63, 3.8) is 0 Å². The summed E-state index contributed by atoms with van der Waals surface area (Å²) in [6.07, 6.45) is 0.765. The van der Waals surface area contributed by atoms with E-state index in [1.165, 1.54) is 19.2 Å². The largest absolute Gasteiger partial charge is 0.497 e. The summed E-state index contributed by atoms with van der Waals surface area (Å²) >= 11 is 0. The van der Waals surface area contributed by atoms with Gasteiger partial charge < -0.3 is 10.1 Å². The lowest BCUT2D eigenvalue weighted by molar-refractivity contribution is -0.120. The summed E-state index contributed by atoms with van der Waals surface area (Å²) in [5.74, 6) is 0.215. The van der Waals surface area contributed by atoms with Crippen LogP contribution in [0.2, 0.25) is 0 Å². The van der Waals surface area contributed by atoms with Crippen LogP contribution in [0.1, 0.15) is 25.8 Å². The highest BCUT2D eigenvalue weighted by Gasteiger charge is 2.27. The fraction of sp³-hybridized carbons (Fsp3) is 0.350. The van der Waals surface area contributed by atoms with E-state index in [-0.39, 0.29) is 23.4 Å². The van der Waals surface area contributed by atoms with E-state index in [4.69, 9.17) is 4.74 Å². The quantitative estimate of drug-likeness (QED) is 0.751. The molecule has 1 N–H and O–H groups in total. The molecule has 0 heterocycles. The fourth-order valence-corrected chi connectivity index (χ4v) is 3.87. The molecule has 0 radical (unpaired) electrons. The molecule has 0 bridgehead atoms. The minimum absolute atomic E-state index is 0.0268. The summed E-state index contributed by atoms with van der Waals surface area (Å²) in [5.41, 5.74) is 1.44. The van der Waals surface area contributed by atoms with Gasteiger partial charge in [-0.25, -0.2) is 8.42 Å². The molecule has 0 aromatic heterocycles. The Balaban J connectivity index is 2.40. The summed E-state index contributed by atoms with van der Waals surface area (Å²) in [6.45, 7) is 5.46. The monoisotopic (exact) mass is 390 g/mol. The van der Waals surface area contributed by atoms with Gasteiger partial charge in [0.1, 0.15) is 12.3 Å². The summed E-state index contributed by atoms with van der Waals surface area (Å²) < 4.78 is 32.6. The summed E-state index contributed by atoms with van der Waals surface area (Å²) in [6, 6.07) is 13.1. The molecule has 146 valence electrons. The lowest BCUT2D eigenvalue weighted by Crippen LogP contribution is -2.43. The van der Waals surface area contributed by atoms with E-state index in [2.05, 4.69) is 5.32 Å². The highest BCUT2D eigenvalue weighted by molar-refractivity contribution is 7.92. The van der Waals surface area contributed by atoms with Gasteiger partial charge in [-0.3, -0.25) is 9.10 Å². The third-order valence-corrected chi connectivity index (χ3v) is 6.06. The Morgan fingerprint density at radius 3 is 2.22 bits per heavy atom. The van der Waals surface area contributed by atoms with Crippen molar-refractivity contribution in [3.05, 3.63) is 54.1 Å². The number of hydrogen-bond acceptors (Lipinski definition) is 4. The lowest BCUT2D eigenvalue weighted by atomic mass is 10.2. The molecular weight excluding hydrogens is 364 g/mol. The van der Waals surface area contributed by atoms with Crippen molar-refractivity contribution in [1.82, 2.24) is 5.32 Å². The molecule has 0 aliphatic heterocycles. The van der Waals surface area contributed by atoms with Crippen molar-refractivity contribution in [2.75, 3.05) is 18.0 Å². The number of ether oxygens (including phenoxy) is 1. The van der Waals surface area contributed by atoms with Gasteiger partial charge in [0.05, 0.1) is 17.7 Å². The molecule has 0 saturated heterocycles. The van der Waals surface area contributed by atoms with Gasteiger partial charge in [-0.05, 0) is 56.7 Å². The number of hydrogen-bond donors (Lipinski definition) is 1. The third-order valence-electron chi connectivity index (χ3n) is 4.28. The van der Waals surface area contributed by atoms with Crippen LogP contribution in [0.25, 0.3) is 0 Å². The van der Waals surface area contributed by atoms with Crippen molar-refractivity contribution in [2.24, 2.45) is 0 Å². The molecule has 0 fully saturated rings. The summed E-state index contributed by atoms with van der Waals surface area (Å²) in [4.78, 5) is 12.5. The maximum Gasteiger partial charge on any atom is 0.264 e. The number of rotatable bonds is 8. The number of methoxy groups -OCH3 is 1. The molecule has 2 rings (SSSR count). The Kier molecular flexibility index (Phi) is 6.85. The molecule has 1 amide bonds. The van der Waals surface area contributed by atoms with Gasteiger partial charge >= 0.3 is 0 Å². The van der Waals surface area contributed by atoms with E-state index in [0.717, 1.165) is 16.3 Å². The normalized spacial score (nSPS) is 12.3. The molecule has 27 heavy (non-hydrogen) atoms. The first-order valence-corrected chi connectivity index (χ1v) is 10.2. The van der Waals surface area contributed by atoms with Gasteiger partial charge in [0, 0.05) is 6.04 Å². The standard InChI is InChI=1S/C20H26N2O4S/c1-5-16(3)21-20(23)14-22(17-8-6-15(2)7-9-17)27(24,25)19-12-10-18(26-4)11-13-19/h6-13,16H,5,14H2,1-4H3,(H,21,23)/t16-/m1/s1. The molecule has 0 spiro atoms. The Morgan fingerprint density at radius 1 is 1.11 bits per heavy atom. The maximum atomic E-state index is 13.2. The Bertz CT molecular complexity index is 862. The number of amides is 1. The van der Waals surface area contributed by atoms with E-state index in [9.17, 15) is 13.2 Å². The fourth-order valence-electron chi connectivity index (χ4n) is 2.45. The molecule has 2 aromatic rings. The number of carbonyl (C=O) groups excluding carboxylic acids is 1. The summed E-state index contributed by atoms with van der Waals surface area (Å²) in [5, 5.41) is 2.82. The van der Waals surface area contributed by atoms with Crippen molar-refractivity contribution >= 4 is 21.6 Å². The van der Waals surface area contributed by atoms with Gasteiger partial charge in [-0.2, -0.15) is 0 Å². The van der Waals surface area contributed by atoms with Crippen LogP contribution >= 0.6 is 0 Å². The van der Waals surface area contributed by atoms with Gasteiger partial charge in [0.15, 0.2) is 0 Å². The average Bonchev–Trinajstić information content (AvgIpc) is 2.66. The van der Waals surface area contributed by atoms with Crippen molar-refractivity contribution in [3.8, 4) is 5.75 Å². The zero-order chi connectivity index (χ0) is 20.0. The molecule has 6 nitrogen and oxygen atoms in total. The van der Waals surface area contributed by atoms with Crippen LogP contribution in [0.15, 0.2) is 53.4 Å². The molecule has 0 saturated carbocycles. The molecule has 1 atom stereocenters. The number of sulfonamides is 1. The Hall–Kier alpha value is -2.54. The van der Waals surface area contributed by atoms with E-state index in [1.807, 2.05) is 32.9 Å². The van der Waals surface area contributed by atoms with E-state index >= 15 is 0 Å². The number of aryl methyl sites for hydroxylation is 1. The predicted molar refractivity (Wildman–Crippen MR) is 107 cm³/mol. The van der Waals surface area contributed by atoms with E-state index in [1.54, 1.807) is 24.3 Å². The highest BCUT2D eigenvalue weighted by Crippen LogP contribution is 2.25. The predicted octanol–water partition coefficient (Wildman–Crippen LogP) is 3.11. The van der Waals surface area contributed by atoms with Crippen LogP contribution in [0, 0.1) is 6.92 Å². The second-order valence-electron chi connectivity index (χ2n) is 6.40. The Morgan fingerprint density at radius 2 is 1.70 bits per heavy atom. The van der Waals surface area contributed by atoms with Crippen molar-refractivity contribution in [1.29, 1.82) is 0 Å². The average molecular weight is 391 g/mol. The van der Waals surface area contributed by atoms with E-state index < -0.39 is 10.0 Å². The molecule has 0 aliphatic rings. The first-order valence-electron chi connectivity index (χ1n) is 8.80. The van der Waals surface area contributed by atoms with Gasteiger partial charge in [-0.1, -0.05) is 24.6 Å². The van der Waals surface area contributed by atoms with Crippen LogP contribution < -0.4 is 14.4 Å². The second-order valence-corrected chi connectivity index (χ2v) is 8.26. The second kappa shape index (κ2) is 8.90. The topological polar surface area (TPSA) is 75.7 Å². The van der Waals surface area contributed by atoms with Gasteiger partial charge in [0.2, 0.25) is 5.91 Å². The van der Waals surface area contributed by atoms with Crippen LogP contribution in [0.4, 0.5) is 5.69 Å². The van der Waals surface area contributed by atoms with E-state index in [0.29, 0.717) is 11.4 Å². The molecule has 0 unspecified atom stereocenters. The minimum atomic E-state index is -3.91. The van der Waals surface area contributed by atoms with Crippen LogP contribution in [-0.4, -0.2) is 34.0 Å². The molecule has 0 aliphatic carbocycles. The minimum Gasteiger partial charge on any atom is -0.497 e. The maximum absolute atomic E-state index is 13.2. The first kappa shape index (κ1) is 20.8. The summed E-state index contributed by atoms with van der Waals surface area (Å²) in [7, 11) is -2.40. The molecular formula is C20H26N2O4S. The smallest absolute Gasteiger partial charge is 0.264 e. The van der Waals surface area contributed by atoms with Crippen LogP contribution in [0.3, 0.4) is 0 Å². The SMILES string of the molecule is CC[C@@H](C)NC(=O)CN(c1ccc(C)cc1)S(=O)(=O)c1ccc(OC)cc1. The van der Waals surface area contributed by atoms with Crippen LogP contribution in [0.5, 0.6) is 5.75 Å². The van der Waals surface area contributed by atoms with Gasteiger partial charge in [0.25, 0.3) is 10.0 Å². The molecule has 7 heteroatoms. The van der Waals surface area contributed by atoms with Gasteiger partial charge in [-0.15, -0.1) is 0 Å². The zero-order valence-electron chi connectivity index (χ0n) is 16.1. The first-order chi connectivity index (χ1) is 12.8. The lowest BCUT2D eigenvalue weighted by Gasteiger charge is -2.25. The number of benzene rings is 2. The van der Waals surface area contributed by atoms with Crippen molar-refractivity contribution < 1.29 is 17.9 Å². The number of nitrogens with one attached hydrogen (secondary N) is 1. The van der Waals surface area contributed by atoms with Crippen LogP contribution in [-0.2, 0) is 14.8 Å². The van der Waals surface area contributed by atoms with Crippen molar-refractivity contribution in [2.45, 2.75) is 38.1 Å². The Labute approximate surface area is 161 Å². The zero-order valence-corrected chi connectivity index (χ0v) is 16.9. The number of carbonyl (C=O) groups is 1. The third kappa shape index (κ3) is 5.23. The number of nitrogens with zero attached hydrogens (tertiary/aromatic N) is 1. The number of anilines is 1.